The van der Waals surface area contributed by atoms with Crippen LogP contribution in [0.25, 0.3) is 5.82 Å². The molecule has 15 heavy (non-hydrogen) atoms. The number of nitrogens with zero attached hydrogens (tertiary/aromatic N) is 3. The van der Waals surface area contributed by atoms with E-state index in [9.17, 15) is 4.79 Å². The van der Waals surface area contributed by atoms with Crippen LogP contribution in [0.1, 0.15) is 21.9 Å². The number of carbonyl (C=O) groups excluding carboxylic acids is 1. The molecule has 0 fully saturated rings. The Morgan fingerprint density at radius 3 is 2.80 bits per heavy atom. The minimum absolute atomic E-state index is 0.568. The number of hydrogen-bond acceptors (Lipinski definition) is 3. The lowest BCUT2D eigenvalue weighted by molar-refractivity contribution is 0.112. The summed E-state index contributed by atoms with van der Waals surface area (Å²) < 4.78 is 1.82. The standard InChI is InChI=1S/C11H11N3O/c1-8-6-14(9(2)13-8)11-10(7-15)4-3-5-12-11/h3-7H,1-2H3. The second-order valence-corrected chi connectivity index (χ2v) is 3.33. The maximum Gasteiger partial charge on any atom is 0.153 e. The molecule has 76 valence electrons. The van der Waals surface area contributed by atoms with Gasteiger partial charge in [-0.1, -0.05) is 0 Å². The van der Waals surface area contributed by atoms with Gasteiger partial charge in [0, 0.05) is 12.4 Å². The number of pyridine rings is 1. The van der Waals surface area contributed by atoms with Crippen molar-refractivity contribution in [1.29, 1.82) is 0 Å². The molecule has 2 heterocycles. The van der Waals surface area contributed by atoms with Gasteiger partial charge in [0.05, 0.1) is 11.3 Å². The van der Waals surface area contributed by atoms with Gasteiger partial charge in [-0.2, -0.15) is 0 Å². The molecule has 4 nitrogen and oxygen atoms in total. The highest BCUT2D eigenvalue weighted by Gasteiger charge is 2.08. The molecule has 0 N–H and O–H groups in total. The van der Waals surface area contributed by atoms with Gasteiger partial charge in [0.2, 0.25) is 0 Å². The Kier molecular flexibility index (Phi) is 2.33. The monoisotopic (exact) mass is 201 g/mol. The largest absolute Gasteiger partial charge is 0.298 e. The molecule has 0 saturated carbocycles. The van der Waals surface area contributed by atoms with E-state index >= 15 is 0 Å². The molecule has 4 heteroatoms. The first-order valence-electron chi connectivity index (χ1n) is 4.65. The fourth-order valence-corrected chi connectivity index (χ4v) is 1.54. The highest BCUT2D eigenvalue weighted by molar-refractivity contribution is 5.79. The molecule has 0 spiro atoms. The molecule has 2 aromatic rings. The van der Waals surface area contributed by atoms with Crippen LogP contribution < -0.4 is 0 Å². The lowest BCUT2D eigenvalue weighted by Crippen LogP contribution is -2.02. The normalized spacial score (nSPS) is 10.3. The smallest absolute Gasteiger partial charge is 0.153 e. The molecule has 0 aliphatic rings. The van der Waals surface area contributed by atoms with Gasteiger partial charge >= 0.3 is 0 Å². The second-order valence-electron chi connectivity index (χ2n) is 3.33. The Hall–Kier alpha value is -1.97. The SMILES string of the molecule is Cc1cn(-c2ncccc2C=O)c(C)n1. The number of hydrogen-bond donors (Lipinski definition) is 0. The van der Waals surface area contributed by atoms with Crippen molar-refractivity contribution < 1.29 is 4.79 Å². The average Bonchev–Trinajstić information content (AvgIpc) is 2.57. The quantitative estimate of drug-likeness (QED) is 0.695. The van der Waals surface area contributed by atoms with E-state index in [0.29, 0.717) is 11.4 Å². The zero-order valence-electron chi connectivity index (χ0n) is 8.64. The Labute approximate surface area is 87.6 Å². The summed E-state index contributed by atoms with van der Waals surface area (Å²) in [5, 5.41) is 0. The van der Waals surface area contributed by atoms with Gasteiger partial charge in [0.15, 0.2) is 6.29 Å². The number of aryl methyl sites for hydroxylation is 2. The van der Waals surface area contributed by atoms with Gasteiger partial charge < -0.3 is 0 Å². The van der Waals surface area contributed by atoms with Crippen molar-refractivity contribution in [2.24, 2.45) is 0 Å². The first kappa shape index (κ1) is 9.58. The number of aldehydes is 1. The van der Waals surface area contributed by atoms with Crippen LogP contribution in [0.3, 0.4) is 0 Å². The predicted octanol–water partition coefficient (Wildman–Crippen LogP) is 1.70. The van der Waals surface area contributed by atoms with E-state index in [1.807, 2.05) is 24.6 Å². The van der Waals surface area contributed by atoms with Crippen molar-refractivity contribution >= 4 is 6.29 Å². The van der Waals surface area contributed by atoms with Crippen LogP contribution in [-0.4, -0.2) is 20.8 Å². The maximum atomic E-state index is 10.8. The lowest BCUT2D eigenvalue weighted by atomic mass is 10.3. The Balaban J connectivity index is 2.63. The minimum atomic E-state index is 0.568. The summed E-state index contributed by atoms with van der Waals surface area (Å²) in [5.41, 5.74) is 1.48. The van der Waals surface area contributed by atoms with E-state index in [0.717, 1.165) is 17.8 Å². The van der Waals surface area contributed by atoms with Crippen molar-refractivity contribution in [2.45, 2.75) is 13.8 Å². The summed E-state index contributed by atoms with van der Waals surface area (Å²) in [6.07, 6.45) is 4.33. The number of imidazole rings is 1. The van der Waals surface area contributed by atoms with E-state index < -0.39 is 0 Å². The van der Waals surface area contributed by atoms with E-state index in [-0.39, 0.29) is 0 Å². The third-order valence-electron chi connectivity index (χ3n) is 2.17. The van der Waals surface area contributed by atoms with Gasteiger partial charge in [-0.3, -0.25) is 9.36 Å². The van der Waals surface area contributed by atoms with Crippen LogP contribution in [0, 0.1) is 13.8 Å². The molecule has 0 aromatic carbocycles. The van der Waals surface area contributed by atoms with Crippen LogP contribution in [0.15, 0.2) is 24.5 Å². The van der Waals surface area contributed by atoms with Gasteiger partial charge in [0.25, 0.3) is 0 Å². The Morgan fingerprint density at radius 1 is 1.40 bits per heavy atom. The highest BCUT2D eigenvalue weighted by Crippen LogP contribution is 2.12. The molecule has 0 bridgehead atoms. The van der Waals surface area contributed by atoms with Crippen LogP contribution in [0.5, 0.6) is 0 Å². The fraction of sp³-hybridized carbons (Fsp3) is 0.182. The molecule has 0 amide bonds. The van der Waals surface area contributed by atoms with Crippen LogP contribution >= 0.6 is 0 Å². The summed E-state index contributed by atoms with van der Waals surface area (Å²) in [4.78, 5) is 19.3. The van der Waals surface area contributed by atoms with E-state index in [1.165, 1.54) is 0 Å². The Bertz CT molecular complexity index is 502. The average molecular weight is 201 g/mol. The highest BCUT2D eigenvalue weighted by atomic mass is 16.1. The molecular weight excluding hydrogens is 190 g/mol. The zero-order valence-corrected chi connectivity index (χ0v) is 8.64. The first-order valence-corrected chi connectivity index (χ1v) is 4.65. The van der Waals surface area contributed by atoms with Crippen molar-refractivity contribution in [3.8, 4) is 5.82 Å². The molecule has 2 aromatic heterocycles. The molecular formula is C11H11N3O. The minimum Gasteiger partial charge on any atom is -0.298 e. The topological polar surface area (TPSA) is 47.8 Å². The van der Waals surface area contributed by atoms with Crippen LogP contribution in [0.2, 0.25) is 0 Å². The first-order chi connectivity index (χ1) is 7.22. The number of rotatable bonds is 2. The van der Waals surface area contributed by atoms with Crippen molar-refractivity contribution in [3.63, 3.8) is 0 Å². The fourth-order valence-electron chi connectivity index (χ4n) is 1.54. The van der Waals surface area contributed by atoms with Crippen molar-refractivity contribution in [1.82, 2.24) is 14.5 Å². The van der Waals surface area contributed by atoms with Crippen molar-refractivity contribution in [3.05, 3.63) is 41.6 Å². The molecule has 0 aliphatic heterocycles. The molecule has 0 unspecified atom stereocenters. The summed E-state index contributed by atoms with van der Waals surface area (Å²) >= 11 is 0. The van der Waals surface area contributed by atoms with Gasteiger partial charge in [-0.25, -0.2) is 9.97 Å². The predicted molar refractivity (Wildman–Crippen MR) is 56.2 cm³/mol. The molecule has 0 aliphatic carbocycles. The lowest BCUT2D eigenvalue weighted by Gasteiger charge is -2.05. The van der Waals surface area contributed by atoms with E-state index in [1.54, 1.807) is 18.3 Å². The molecule has 2 rings (SSSR count). The van der Waals surface area contributed by atoms with Crippen LogP contribution in [-0.2, 0) is 0 Å². The van der Waals surface area contributed by atoms with Crippen LogP contribution in [0.4, 0.5) is 0 Å². The third kappa shape index (κ3) is 1.66. The second kappa shape index (κ2) is 3.65. The summed E-state index contributed by atoms with van der Waals surface area (Å²) in [6.45, 7) is 3.79. The number of aromatic nitrogens is 3. The Morgan fingerprint density at radius 2 is 2.20 bits per heavy atom. The summed E-state index contributed by atoms with van der Waals surface area (Å²) in [7, 11) is 0. The third-order valence-corrected chi connectivity index (χ3v) is 2.17. The van der Waals surface area contributed by atoms with E-state index in [4.69, 9.17) is 0 Å². The van der Waals surface area contributed by atoms with E-state index in [2.05, 4.69) is 9.97 Å². The molecule has 0 saturated heterocycles. The van der Waals surface area contributed by atoms with Gasteiger partial charge in [0.1, 0.15) is 11.6 Å². The molecule has 0 radical (unpaired) electrons. The zero-order chi connectivity index (χ0) is 10.8. The maximum absolute atomic E-state index is 10.8. The summed E-state index contributed by atoms with van der Waals surface area (Å²) in [5.74, 6) is 1.46. The van der Waals surface area contributed by atoms with Gasteiger partial charge in [-0.15, -0.1) is 0 Å². The number of carbonyl (C=O) groups is 1. The molecule has 0 atom stereocenters. The van der Waals surface area contributed by atoms with Crippen molar-refractivity contribution in [2.75, 3.05) is 0 Å². The van der Waals surface area contributed by atoms with Gasteiger partial charge in [-0.05, 0) is 26.0 Å². The summed E-state index contributed by atoms with van der Waals surface area (Å²) in [6, 6.07) is 3.48.